The van der Waals surface area contributed by atoms with Crippen LogP contribution in [-0.2, 0) is 29.2 Å². The number of carbonyl (C=O) groups excluding carboxylic acids is 2. The Morgan fingerprint density at radius 2 is 1.20 bits per heavy atom. The maximum absolute atomic E-state index is 12.0. The predicted molar refractivity (Wildman–Crippen MR) is 134 cm³/mol. The molecule has 0 aliphatic rings. The third kappa shape index (κ3) is 23.7. The first-order chi connectivity index (χ1) is 16.3. The summed E-state index contributed by atoms with van der Waals surface area (Å²) >= 11 is 0. The summed E-state index contributed by atoms with van der Waals surface area (Å²) in [4.78, 5) is 23.6. The Morgan fingerprint density at radius 3 is 1.60 bits per heavy atom. The third-order valence-electron chi connectivity index (χ3n) is 5.74. The molecular weight excluding hydrogens is 479 g/mol. The summed E-state index contributed by atoms with van der Waals surface area (Å²) in [6, 6.07) is 0. The first kappa shape index (κ1) is 36.7. The molecule has 0 radical (unpaired) electrons. The number of hydrogen-bond acceptors (Lipinski definition) is 7. The van der Waals surface area contributed by atoms with E-state index >= 15 is 0 Å². The molecule has 9 heteroatoms. The van der Waals surface area contributed by atoms with Gasteiger partial charge in [0.2, 0.25) is 0 Å². The zero-order valence-corrected chi connectivity index (χ0v) is 25.2. The first-order valence-corrected chi connectivity index (χ1v) is 14.8. The minimum atomic E-state index is -5.01. The van der Waals surface area contributed by atoms with E-state index in [2.05, 4.69) is 11.7 Å². The smallest absolute Gasteiger partial charge is 0.747 e. The van der Waals surface area contributed by atoms with E-state index < -0.39 is 33.7 Å². The largest absolute Gasteiger partial charge is 1.00 e. The van der Waals surface area contributed by atoms with Crippen LogP contribution >= 0.6 is 0 Å². The molecule has 0 aromatic carbocycles. The van der Waals surface area contributed by atoms with Crippen molar-refractivity contribution in [3.63, 3.8) is 0 Å². The summed E-state index contributed by atoms with van der Waals surface area (Å²) in [6.07, 6.45) is 22.0. The minimum absolute atomic E-state index is 0. The van der Waals surface area contributed by atoms with Gasteiger partial charge >= 0.3 is 41.5 Å². The van der Waals surface area contributed by atoms with Crippen LogP contribution in [0.15, 0.2) is 12.3 Å². The molecule has 35 heavy (non-hydrogen) atoms. The number of allylic oxidation sites excluding steroid dienone is 1. The van der Waals surface area contributed by atoms with E-state index in [1.807, 2.05) is 6.92 Å². The second-order valence-corrected chi connectivity index (χ2v) is 10.5. The van der Waals surface area contributed by atoms with E-state index in [0.717, 1.165) is 25.5 Å². The quantitative estimate of drug-likeness (QED) is 0.0658. The minimum Gasteiger partial charge on any atom is -0.747 e. The zero-order valence-electron chi connectivity index (χ0n) is 22.4. The van der Waals surface area contributed by atoms with Crippen molar-refractivity contribution in [2.45, 2.75) is 135 Å². The van der Waals surface area contributed by atoms with Crippen LogP contribution in [0.25, 0.3) is 0 Å². The van der Waals surface area contributed by atoms with E-state index in [9.17, 15) is 22.6 Å². The number of carbonyl (C=O) groups is 2. The summed E-state index contributed by atoms with van der Waals surface area (Å²) in [5.41, 5.74) is 0. The molecule has 0 heterocycles. The van der Waals surface area contributed by atoms with Gasteiger partial charge in [0.1, 0.15) is 10.1 Å². The average molecular weight is 527 g/mol. The summed E-state index contributed by atoms with van der Waals surface area (Å²) < 4.78 is 43.6. The van der Waals surface area contributed by atoms with E-state index in [-0.39, 0.29) is 36.2 Å². The molecule has 1 atom stereocenters. The summed E-state index contributed by atoms with van der Waals surface area (Å²) in [7, 11) is -5.01. The van der Waals surface area contributed by atoms with E-state index in [1.54, 1.807) is 6.08 Å². The fourth-order valence-corrected chi connectivity index (χ4v) is 4.28. The Labute approximate surface area is 236 Å². The molecule has 0 saturated heterocycles. The molecule has 0 aliphatic heterocycles. The Bertz CT molecular complexity index is 650. The molecule has 0 aliphatic carbocycles. The number of rotatable bonds is 23. The Kier molecular flexibility index (Phi) is 26.5. The van der Waals surface area contributed by atoms with Gasteiger partial charge in [-0.3, -0.25) is 9.59 Å². The van der Waals surface area contributed by atoms with Gasteiger partial charge in [-0.15, -0.1) is 0 Å². The van der Waals surface area contributed by atoms with Crippen LogP contribution in [-0.4, -0.2) is 36.8 Å². The van der Waals surface area contributed by atoms with Crippen LogP contribution in [0, 0.1) is 0 Å². The maximum atomic E-state index is 12.0. The molecule has 0 amide bonds. The van der Waals surface area contributed by atoms with Gasteiger partial charge in [-0.05, 0) is 18.9 Å². The van der Waals surface area contributed by atoms with Gasteiger partial charge in [0.05, 0.1) is 19.3 Å². The van der Waals surface area contributed by atoms with Crippen molar-refractivity contribution in [1.29, 1.82) is 0 Å². The normalized spacial score (nSPS) is 12.3. The van der Waals surface area contributed by atoms with Crippen LogP contribution in [0.4, 0.5) is 0 Å². The molecule has 1 unspecified atom stereocenters. The topological polar surface area (TPSA) is 110 Å². The van der Waals surface area contributed by atoms with Gasteiger partial charge in [-0.1, -0.05) is 110 Å². The van der Waals surface area contributed by atoms with Crippen molar-refractivity contribution in [3.05, 3.63) is 12.3 Å². The number of ether oxygens (including phenoxy) is 2. The van der Waals surface area contributed by atoms with Crippen molar-refractivity contribution in [1.82, 2.24) is 0 Å². The molecular formula is C26H47NaO7S. The second-order valence-electron chi connectivity index (χ2n) is 8.93. The van der Waals surface area contributed by atoms with Crippen LogP contribution in [0.2, 0.25) is 0 Å². The van der Waals surface area contributed by atoms with Crippen molar-refractivity contribution >= 4 is 22.1 Å². The monoisotopic (exact) mass is 526 g/mol. The van der Waals surface area contributed by atoms with Crippen molar-refractivity contribution in [2.75, 3.05) is 6.61 Å². The standard InChI is InChI=1S/C26H48O7S.Na/c1-3-5-7-8-9-10-11-12-13-14-15-16-17-18-19-20-22-33-26(28)24(34(29,30)31)23-25(27)32-21-6-4-2;/h6,21,24H,3-5,7-20,22-23H2,1-2H3,(H,29,30,31);/q;+1/p-1/b21-6+;. The molecule has 0 aromatic heterocycles. The van der Waals surface area contributed by atoms with Gasteiger partial charge in [0, 0.05) is 0 Å². The maximum Gasteiger partial charge on any atom is 1.00 e. The molecule has 0 bridgehead atoms. The van der Waals surface area contributed by atoms with Crippen molar-refractivity contribution in [2.24, 2.45) is 0 Å². The fraction of sp³-hybridized carbons (Fsp3) is 0.846. The Hall–Kier alpha value is -0.410. The molecule has 200 valence electrons. The Balaban J connectivity index is 0. The van der Waals surface area contributed by atoms with E-state index in [1.165, 1.54) is 77.0 Å². The van der Waals surface area contributed by atoms with Gasteiger partial charge in [0.25, 0.3) is 0 Å². The Morgan fingerprint density at radius 1 is 0.771 bits per heavy atom. The number of hydrogen-bond donors (Lipinski definition) is 0. The molecule has 0 fully saturated rings. The van der Waals surface area contributed by atoms with Gasteiger partial charge in [-0.2, -0.15) is 0 Å². The SMILES string of the molecule is CC/C=C/OC(=O)CC(C(=O)OCCCCCCCCCCCCCCCCCC)S(=O)(=O)[O-].[Na+]. The van der Waals surface area contributed by atoms with Crippen molar-refractivity contribution in [3.8, 4) is 0 Å². The van der Waals surface area contributed by atoms with Crippen LogP contribution in [0.3, 0.4) is 0 Å². The van der Waals surface area contributed by atoms with Crippen LogP contribution in [0.1, 0.15) is 129 Å². The summed E-state index contributed by atoms with van der Waals surface area (Å²) in [5.74, 6) is -2.15. The van der Waals surface area contributed by atoms with E-state index in [4.69, 9.17) is 4.74 Å². The van der Waals surface area contributed by atoms with Gasteiger partial charge in [-0.25, -0.2) is 8.42 Å². The third-order valence-corrected chi connectivity index (χ3v) is 6.79. The molecule has 0 saturated carbocycles. The van der Waals surface area contributed by atoms with E-state index in [0.29, 0.717) is 12.8 Å². The number of unbranched alkanes of at least 4 members (excludes halogenated alkanes) is 15. The molecule has 7 nitrogen and oxygen atoms in total. The molecule has 0 spiro atoms. The zero-order chi connectivity index (χ0) is 25.5. The molecule has 0 N–H and O–H groups in total. The van der Waals surface area contributed by atoms with Gasteiger partial charge < -0.3 is 14.0 Å². The van der Waals surface area contributed by atoms with Gasteiger partial charge in [0.15, 0.2) is 5.25 Å². The van der Waals surface area contributed by atoms with Crippen LogP contribution < -0.4 is 29.6 Å². The second kappa shape index (κ2) is 25.2. The predicted octanol–water partition coefficient (Wildman–Crippen LogP) is 3.57. The summed E-state index contributed by atoms with van der Waals surface area (Å²) in [6.45, 7) is 4.11. The average Bonchev–Trinajstić information content (AvgIpc) is 2.78. The van der Waals surface area contributed by atoms with Crippen LogP contribution in [0.5, 0.6) is 0 Å². The van der Waals surface area contributed by atoms with Crippen molar-refractivity contribution < 1.29 is 61.6 Å². The fourth-order valence-electron chi connectivity index (χ4n) is 3.64. The first-order valence-electron chi connectivity index (χ1n) is 13.3. The number of esters is 2. The summed E-state index contributed by atoms with van der Waals surface area (Å²) in [5, 5.41) is -2.07. The molecule has 0 rings (SSSR count). The molecule has 0 aromatic rings.